The molecule has 2 aromatic rings. The Morgan fingerprint density at radius 1 is 1.47 bits per heavy atom. The molecule has 4 heteroatoms. The van der Waals surface area contributed by atoms with Crippen LogP contribution in [0.1, 0.15) is 46.9 Å². The molecule has 1 unspecified atom stereocenters. The van der Waals surface area contributed by atoms with E-state index < -0.39 is 0 Å². The molecule has 19 heavy (non-hydrogen) atoms. The standard InChI is InChI=1S/C15H21N3S/c1-3-7-16-14(15-17-8-9-18(15)2)13-10-11-5-4-6-12(11)19-13/h8-10,14,16H,3-7H2,1-2H3. The van der Waals surface area contributed by atoms with Crippen LogP contribution in [0, 0.1) is 0 Å². The van der Waals surface area contributed by atoms with E-state index in [2.05, 4.69) is 34.9 Å². The molecular formula is C15H21N3S. The summed E-state index contributed by atoms with van der Waals surface area (Å²) in [4.78, 5) is 7.55. The largest absolute Gasteiger partial charge is 0.336 e. The van der Waals surface area contributed by atoms with E-state index in [-0.39, 0.29) is 6.04 Å². The summed E-state index contributed by atoms with van der Waals surface area (Å²) in [5, 5.41) is 3.64. The van der Waals surface area contributed by atoms with E-state index >= 15 is 0 Å². The fourth-order valence-electron chi connectivity index (χ4n) is 2.76. The molecule has 2 aromatic heterocycles. The predicted molar refractivity (Wildman–Crippen MR) is 79.7 cm³/mol. The van der Waals surface area contributed by atoms with E-state index in [0.29, 0.717) is 0 Å². The van der Waals surface area contributed by atoms with Crippen molar-refractivity contribution in [2.24, 2.45) is 7.05 Å². The molecule has 0 aromatic carbocycles. The SMILES string of the molecule is CCCNC(c1cc2c(s1)CCC2)c1nccn1C. The van der Waals surface area contributed by atoms with Crippen molar-refractivity contribution in [3.63, 3.8) is 0 Å². The smallest absolute Gasteiger partial charge is 0.131 e. The Hall–Kier alpha value is -1.13. The lowest BCUT2D eigenvalue weighted by molar-refractivity contribution is 0.562. The van der Waals surface area contributed by atoms with E-state index in [1.54, 1.807) is 10.4 Å². The molecule has 3 nitrogen and oxygen atoms in total. The highest BCUT2D eigenvalue weighted by atomic mass is 32.1. The zero-order chi connectivity index (χ0) is 13.2. The lowest BCUT2D eigenvalue weighted by atomic mass is 10.1. The van der Waals surface area contributed by atoms with Crippen LogP contribution in [-0.4, -0.2) is 16.1 Å². The Labute approximate surface area is 118 Å². The number of imidazole rings is 1. The van der Waals surface area contributed by atoms with Crippen LogP contribution in [-0.2, 0) is 19.9 Å². The van der Waals surface area contributed by atoms with Crippen LogP contribution in [0.2, 0.25) is 0 Å². The number of aromatic nitrogens is 2. The molecule has 102 valence electrons. The van der Waals surface area contributed by atoms with Crippen molar-refractivity contribution < 1.29 is 0 Å². The molecule has 1 aliphatic carbocycles. The van der Waals surface area contributed by atoms with Crippen molar-refractivity contribution >= 4 is 11.3 Å². The highest BCUT2D eigenvalue weighted by molar-refractivity contribution is 7.12. The third-order valence-electron chi connectivity index (χ3n) is 3.77. The molecule has 0 amide bonds. The van der Waals surface area contributed by atoms with Crippen molar-refractivity contribution in [3.8, 4) is 0 Å². The minimum Gasteiger partial charge on any atom is -0.336 e. The van der Waals surface area contributed by atoms with Crippen LogP contribution in [0.5, 0.6) is 0 Å². The maximum Gasteiger partial charge on any atom is 0.131 e. The van der Waals surface area contributed by atoms with Crippen molar-refractivity contribution in [3.05, 3.63) is 39.6 Å². The molecular weight excluding hydrogens is 254 g/mol. The van der Waals surface area contributed by atoms with Gasteiger partial charge in [-0.05, 0) is 43.9 Å². The van der Waals surface area contributed by atoms with Gasteiger partial charge in [0.15, 0.2) is 0 Å². The maximum absolute atomic E-state index is 4.54. The van der Waals surface area contributed by atoms with Crippen LogP contribution < -0.4 is 5.32 Å². The summed E-state index contributed by atoms with van der Waals surface area (Å²) in [5.74, 6) is 1.12. The van der Waals surface area contributed by atoms with Crippen molar-refractivity contribution in [1.29, 1.82) is 0 Å². The van der Waals surface area contributed by atoms with Gasteiger partial charge in [0.2, 0.25) is 0 Å². The van der Waals surface area contributed by atoms with E-state index in [0.717, 1.165) is 18.8 Å². The van der Waals surface area contributed by atoms with Crippen LogP contribution in [0.3, 0.4) is 0 Å². The van der Waals surface area contributed by atoms with Gasteiger partial charge in [0, 0.05) is 29.2 Å². The van der Waals surface area contributed by atoms with Gasteiger partial charge in [-0.3, -0.25) is 0 Å². The van der Waals surface area contributed by atoms with Gasteiger partial charge >= 0.3 is 0 Å². The topological polar surface area (TPSA) is 29.9 Å². The lowest BCUT2D eigenvalue weighted by Gasteiger charge is -2.17. The van der Waals surface area contributed by atoms with Crippen LogP contribution in [0.25, 0.3) is 0 Å². The lowest BCUT2D eigenvalue weighted by Crippen LogP contribution is -2.25. The van der Waals surface area contributed by atoms with E-state index in [1.807, 2.05) is 23.7 Å². The number of fused-ring (bicyclic) bond motifs is 1. The van der Waals surface area contributed by atoms with Gasteiger partial charge in [0.25, 0.3) is 0 Å². The number of hydrogen-bond donors (Lipinski definition) is 1. The first-order valence-corrected chi connectivity index (χ1v) is 7.93. The van der Waals surface area contributed by atoms with Gasteiger partial charge in [0.05, 0.1) is 0 Å². The monoisotopic (exact) mass is 275 g/mol. The molecule has 0 spiro atoms. The molecule has 0 saturated carbocycles. The molecule has 1 atom stereocenters. The Bertz CT molecular complexity index is 534. The quantitative estimate of drug-likeness (QED) is 0.909. The first-order valence-electron chi connectivity index (χ1n) is 7.11. The Kier molecular flexibility index (Phi) is 3.71. The second-order valence-electron chi connectivity index (χ2n) is 5.23. The minimum absolute atomic E-state index is 0.246. The van der Waals surface area contributed by atoms with E-state index in [1.165, 1.54) is 24.1 Å². The zero-order valence-corrected chi connectivity index (χ0v) is 12.5. The summed E-state index contributed by atoms with van der Waals surface area (Å²) in [5.41, 5.74) is 1.57. The van der Waals surface area contributed by atoms with Crippen LogP contribution in [0.4, 0.5) is 0 Å². The van der Waals surface area contributed by atoms with Crippen LogP contribution in [0.15, 0.2) is 18.5 Å². The molecule has 0 aliphatic heterocycles. The van der Waals surface area contributed by atoms with Gasteiger partial charge in [-0.15, -0.1) is 11.3 Å². The zero-order valence-electron chi connectivity index (χ0n) is 11.6. The summed E-state index contributed by atoms with van der Waals surface area (Å²) in [6, 6.07) is 2.64. The van der Waals surface area contributed by atoms with Gasteiger partial charge < -0.3 is 9.88 Å². The van der Waals surface area contributed by atoms with Gasteiger partial charge in [0.1, 0.15) is 11.9 Å². The number of nitrogens with one attached hydrogen (secondary N) is 1. The average Bonchev–Trinajstić information content (AvgIpc) is 3.06. The highest BCUT2D eigenvalue weighted by Crippen LogP contribution is 2.35. The van der Waals surface area contributed by atoms with Crippen molar-refractivity contribution in [2.45, 2.75) is 38.6 Å². The summed E-state index contributed by atoms with van der Waals surface area (Å²) in [7, 11) is 2.07. The maximum atomic E-state index is 4.54. The minimum atomic E-state index is 0.246. The molecule has 0 fully saturated rings. The fourth-order valence-corrected chi connectivity index (χ4v) is 4.09. The number of rotatable bonds is 5. The molecule has 1 N–H and O–H groups in total. The fraction of sp³-hybridized carbons (Fsp3) is 0.533. The Balaban J connectivity index is 1.92. The summed E-state index contributed by atoms with van der Waals surface area (Å²) in [6.07, 6.45) is 8.91. The Morgan fingerprint density at radius 2 is 2.37 bits per heavy atom. The average molecular weight is 275 g/mol. The first kappa shape index (κ1) is 12.9. The number of nitrogens with zero attached hydrogens (tertiary/aromatic N) is 2. The van der Waals surface area contributed by atoms with Gasteiger partial charge in [-0.25, -0.2) is 4.98 Å². The first-order chi connectivity index (χ1) is 9.29. The summed E-state index contributed by atoms with van der Waals surface area (Å²) >= 11 is 1.97. The number of hydrogen-bond acceptors (Lipinski definition) is 3. The third kappa shape index (κ3) is 2.47. The van der Waals surface area contributed by atoms with E-state index in [9.17, 15) is 0 Å². The Morgan fingerprint density at radius 3 is 3.05 bits per heavy atom. The van der Waals surface area contributed by atoms with Crippen molar-refractivity contribution in [1.82, 2.24) is 14.9 Å². The van der Waals surface area contributed by atoms with Gasteiger partial charge in [-0.2, -0.15) is 0 Å². The predicted octanol–water partition coefficient (Wildman–Crippen LogP) is 3.06. The van der Waals surface area contributed by atoms with E-state index in [4.69, 9.17) is 0 Å². The van der Waals surface area contributed by atoms with Gasteiger partial charge in [-0.1, -0.05) is 6.92 Å². The molecule has 1 aliphatic rings. The van der Waals surface area contributed by atoms with Crippen LogP contribution >= 0.6 is 11.3 Å². The highest BCUT2D eigenvalue weighted by Gasteiger charge is 2.23. The second kappa shape index (κ2) is 5.47. The van der Waals surface area contributed by atoms with Crippen molar-refractivity contribution in [2.75, 3.05) is 6.54 Å². The second-order valence-corrected chi connectivity index (χ2v) is 6.40. The number of thiophene rings is 1. The molecule has 2 heterocycles. The summed E-state index contributed by atoms with van der Waals surface area (Å²) < 4.78 is 2.12. The molecule has 0 bridgehead atoms. The molecule has 0 radical (unpaired) electrons. The molecule has 0 saturated heterocycles. The molecule has 3 rings (SSSR count). The normalized spacial score (nSPS) is 15.7. The summed E-state index contributed by atoms with van der Waals surface area (Å²) in [6.45, 7) is 3.23. The number of aryl methyl sites for hydroxylation is 3. The third-order valence-corrected chi connectivity index (χ3v) is 5.07.